The fourth-order valence-corrected chi connectivity index (χ4v) is 4.51. The van der Waals surface area contributed by atoms with Crippen molar-refractivity contribution in [1.29, 1.82) is 0 Å². The van der Waals surface area contributed by atoms with Crippen molar-refractivity contribution in [2.45, 2.75) is 45.3 Å². The first-order valence-corrected chi connectivity index (χ1v) is 11.7. The molecule has 0 aromatic heterocycles. The van der Waals surface area contributed by atoms with E-state index in [-0.39, 0.29) is 52.5 Å². The van der Waals surface area contributed by atoms with Crippen molar-refractivity contribution in [2.75, 3.05) is 26.8 Å². The van der Waals surface area contributed by atoms with Crippen molar-refractivity contribution in [3.05, 3.63) is 58.4 Å². The average molecular weight is 493 g/mol. The zero-order valence-corrected chi connectivity index (χ0v) is 20.3. The number of aromatic carboxylic acids is 1. The van der Waals surface area contributed by atoms with E-state index in [2.05, 4.69) is 11.8 Å². The highest BCUT2D eigenvalue weighted by molar-refractivity contribution is 6.32. The summed E-state index contributed by atoms with van der Waals surface area (Å²) in [7, 11) is 1.42. The topological polar surface area (TPSA) is 79.3 Å². The van der Waals surface area contributed by atoms with Crippen LogP contribution in [-0.2, 0) is 11.3 Å². The van der Waals surface area contributed by atoms with E-state index in [0.29, 0.717) is 19.6 Å². The van der Waals surface area contributed by atoms with Crippen molar-refractivity contribution < 1.29 is 28.6 Å². The molecule has 0 aliphatic carbocycles. The largest absolute Gasteiger partial charge is 0.495 e. The minimum atomic E-state index is -1.21. The zero-order valence-electron chi connectivity index (χ0n) is 19.6. The lowest BCUT2D eigenvalue weighted by Gasteiger charge is -2.46. The fourth-order valence-electron chi connectivity index (χ4n) is 4.27. The second-order valence-electron chi connectivity index (χ2n) is 8.30. The Morgan fingerprint density at radius 2 is 1.76 bits per heavy atom. The average Bonchev–Trinajstić information content (AvgIpc) is 2.83. The van der Waals surface area contributed by atoms with Crippen LogP contribution in [0.4, 0.5) is 4.39 Å². The molecule has 0 unspecified atom stereocenters. The molecule has 0 saturated carbocycles. The van der Waals surface area contributed by atoms with Crippen molar-refractivity contribution in [3.63, 3.8) is 0 Å². The normalized spacial score (nSPS) is 18.6. The van der Waals surface area contributed by atoms with E-state index < -0.39 is 5.97 Å². The monoisotopic (exact) mass is 492 g/mol. The summed E-state index contributed by atoms with van der Waals surface area (Å²) >= 11 is 6.04. The molecule has 7 nitrogen and oxygen atoms in total. The Kier molecular flexibility index (Phi) is 8.74. The van der Waals surface area contributed by atoms with Crippen molar-refractivity contribution in [3.8, 4) is 11.5 Å². The number of hydrogen-bond acceptors (Lipinski definition) is 5. The van der Waals surface area contributed by atoms with Gasteiger partial charge in [0.2, 0.25) is 0 Å². The molecule has 1 heterocycles. The summed E-state index contributed by atoms with van der Waals surface area (Å²) in [6.07, 6.45) is 1.61. The maximum Gasteiger partial charge on any atom is 0.339 e. The molecular formula is C25H30ClFN2O5. The van der Waals surface area contributed by atoms with Crippen molar-refractivity contribution >= 4 is 23.5 Å². The Balaban J connectivity index is 1.71. The number of piperazine rings is 1. The van der Waals surface area contributed by atoms with Gasteiger partial charge in [0.1, 0.15) is 22.9 Å². The van der Waals surface area contributed by atoms with Gasteiger partial charge in [0, 0.05) is 37.8 Å². The fraction of sp³-hybridized carbons (Fsp3) is 0.440. The quantitative estimate of drug-likeness (QED) is 0.556. The first kappa shape index (κ1) is 25.8. The molecule has 2 atom stereocenters. The third-order valence-corrected chi connectivity index (χ3v) is 6.50. The minimum absolute atomic E-state index is 0.0157. The van der Waals surface area contributed by atoms with Crippen LogP contribution in [0.15, 0.2) is 36.4 Å². The van der Waals surface area contributed by atoms with Gasteiger partial charge in [-0.15, -0.1) is 0 Å². The van der Waals surface area contributed by atoms with E-state index in [0.717, 1.165) is 18.4 Å². The van der Waals surface area contributed by atoms with Gasteiger partial charge in [0.25, 0.3) is 5.91 Å². The smallest absolute Gasteiger partial charge is 0.339 e. The number of ether oxygens (including phenoxy) is 2. The predicted octanol–water partition coefficient (Wildman–Crippen LogP) is 4.47. The van der Waals surface area contributed by atoms with E-state index in [9.17, 15) is 19.1 Å². The summed E-state index contributed by atoms with van der Waals surface area (Å²) in [5.74, 6) is -1.39. The van der Waals surface area contributed by atoms with Crippen molar-refractivity contribution in [2.24, 2.45) is 0 Å². The number of amides is 1. The molecule has 1 amide bonds. The Hall–Kier alpha value is -2.84. The summed E-state index contributed by atoms with van der Waals surface area (Å²) in [6, 6.07) is 9.25. The molecule has 2 aromatic rings. The van der Waals surface area contributed by atoms with E-state index in [4.69, 9.17) is 21.1 Å². The van der Waals surface area contributed by atoms with Crippen LogP contribution in [0.5, 0.6) is 11.5 Å². The molecule has 1 aliphatic rings. The molecule has 1 aliphatic heterocycles. The summed E-state index contributed by atoms with van der Waals surface area (Å²) in [4.78, 5) is 28.9. The summed E-state index contributed by atoms with van der Waals surface area (Å²) < 4.78 is 24.1. The summed E-state index contributed by atoms with van der Waals surface area (Å²) in [5.41, 5.74) is 0.886. The molecular weight excluding hydrogens is 463 g/mol. The number of rotatable bonds is 9. The van der Waals surface area contributed by atoms with E-state index in [1.165, 1.54) is 31.4 Å². The van der Waals surface area contributed by atoms with Crippen LogP contribution < -0.4 is 9.47 Å². The molecule has 0 spiro atoms. The van der Waals surface area contributed by atoms with E-state index in [1.54, 1.807) is 12.1 Å². The number of carbonyl (C=O) groups excluding carboxylic acids is 1. The Bertz CT molecular complexity index is 1020. The van der Waals surface area contributed by atoms with Crippen LogP contribution in [0.1, 0.15) is 42.6 Å². The number of carboxylic acid groups (broad SMARTS) is 1. The summed E-state index contributed by atoms with van der Waals surface area (Å²) in [6.45, 7) is 5.71. The minimum Gasteiger partial charge on any atom is -0.495 e. The molecule has 1 fully saturated rings. The lowest BCUT2D eigenvalue weighted by molar-refractivity contribution is -0.140. The van der Waals surface area contributed by atoms with Crippen LogP contribution in [0.2, 0.25) is 5.02 Å². The maximum atomic E-state index is 13.3. The Morgan fingerprint density at radius 3 is 2.35 bits per heavy atom. The van der Waals surface area contributed by atoms with E-state index in [1.807, 2.05) is 11.8 Å². The molecule has 34 heavy (non-hydrogen) atoms. The van der Waals surface area contributed by atoms with Gasteiger partial charge < -0.3 is 19.5 Å². The Labute approximate surface area is 204 Å². The van der Waals surface area contributed by atoms with Gasteiger partial charge in [-0.05, 0) is 36.6 Å². The maximum absolute atomic E-state index is 13.3. The van der Waals surface area contributed by atoms with Gasteiger partial charge in [0.15, 0.2) is 6.61 Å². The third kappa shape index (κ3) is 5.98. The highest BCUT2D eigenvalue weighted by Gasteiger charge is 2.35. The molecule has 3 rings (SSSR count). The SMILES string of the molecule is CC[C@H]1CN(C(=O)COc2cc(OC)c(Cl)cc2C(=O)O)[C@H](CC)CN1Cc1ccc(F)cc1. The van der Waals surface area contributed by atoms with Crippen LogP contribution in [-0.4, -0.2) is 65.7 Å². The second kappa shape index (κ2) is 11.5. The van der Waals surface area contributed by atoms with Crippen LogP contribution in [0.25, 0.3) is 0 Å². The zero-order chi connectivity index (χ0) is 24.8. The number of carboxylic acids is 1. The van der Waals surface area contributed by atoms with Crippen molar-refractivity contribution in [1.82, 2.24) is 9.80 Å². The lowest BCUT2D eigenvalue weighted by Crippen LogP contribution is -2.59. The number of nitrogens with zero attached hydrogens (tertiary/aromatic N) is 2. The number of hydrogen-bond donors (Lipinski definition) is 1. The van der Waals surface area contributed by atoms with Crippen LogP contribution >= 0.6 is 11.6 Å². The standard InChI is InChI=1S/C25H30ClFN2O5/c1-4-18-14-29(19(5-2)13-28(18)12-16-6-8-17(27)9-7-16)24(30)15-34-22-11-23(33-3)21(26)10-20(22)25(31)32/h6-11,18-19H,4-5,12-15H2,1-3H3,(H,31,32)/t18-,19+/m0/s1. The number of carbonyl (C=O) groups is 2. The van der Waals surface area contributed by atoms with Gasteiger partial charge in [-0.25, -0.2) is 9.18 Å². The van der Waals surface area contributed by atoms with Gasteiger partial charge >= 0.3 is 5.97 Å². The molecule has 9 heteroatoms. The Morgan fingerprint density at radius 1 is 1.09 bits per heavy atom. The summed E-state index contributed by atoms with van der Waals surface area (Å²) in [5, 5.41) is 9.62. The first-order chi connectivity index (χ1) is 16.3. The molecule has 0 radical (unpaired) electrons. The number of halogens is 2. The third-order valence-electron chi connectivity index (χ3n) is 6.21. The number of benzene rings is 2. The molecule has 1 saturated heterocycles. The molecule has 1 N–H and O–H groups in total. The van der Waals surface area contributed by atoms with Gasteiger partial charge in [0.05, 0.1) is 12.1 Å². The molecule has 184 valence electrons. The van der Waals surface area contributed by atoms with Crippen LogP contribution in [0.3, 0.4) is 0 Å². The lowest BCUT2D eigenvalue weighted by atomic mass is 10.0. The second-order valence-corrected chi connectivity index (χ2v) is 8.71. The van der Waals surface area contributed by atoms with Crippen LogP contribution in [0, 0.1) is 5.82 Å². The highest BCUT2D eigenvalue weighted by Crippen LogP contribution is 2.33. The van der Waals surface area contributed by atoms with Gasteiger partial charge in [-0.2, -0.15) is 0 Å². The van der Waals surface area contributed by atoms with Gasteiger partial charge in [-0.3, -0.25) is 9.69 Å². The van der Waals surface area contributed by atoms with E-state index >= 15 is 0 Å². The molecule has 2 aromatic carbocycles. The predicted molar refractivity (Wildman–Crippen MR) is 127 cm³/mol. The highest BCUT2D eigenvalue weighted by atomic mass is 35.5. The number of methoxy groups -OCH3 is 1. The molecule has 0 bridgehead atoms. The first-order valence-electron chi connectivity index (χ1n) is 11.3. The van der Waals surface area contributed by atoms with Gasteiger partial charge in [-0.1, -0.05) is 37.6 Å².